The summed E-state index contributed by atoms with van der Waals surface area (Å²) in [6.07, 6.45) is 0. The summed E-state index contributed by atoms with van der Waals surface area (Å²) in [4.78, 5) is 16.1. The van der Waals surface area contributed by atoms with Crippen LogP contribution in [-0.2, 0) is 5.41 Å². The molecule has 0 saturated carbocycles. The highest BCUT2D eigenvalue weighted by Gasteiger charge is 2.20. The molecule has 0 bridgehead atoms. The van der Waals surface area contributed by atoms with E-state index in [0.29, 0.717) is 16.5 Å². The van der Waals surface area contributed by atoms with E-state index in [-0.39, 0.29) is 24.5 Å². The van der Waals surface area contributed by atoms with E-state index >= 15 is 0 Å². The van der Waals surface area contributed by atoms with Gasteiger partial charge >= 0.3 is 0 Å². The number of amides is 1. The first-order valence-electron chi connectivity index (χ1n) is 6.91. The molecule has 0 aliphatic carbocycles. The lowest BCUT2D eigenvalue weighted by atomic mass is 9.96. The largest absolute Gasteiger partial charge is 0.430 e. The number of carbonyl (C=O) groups is 1. The fraction of sp³-hybridized carbons (Fsp3) is 0.400. The van der Waals surface area contributed by atoms with E-state index in [9.17, 15) is 4.79 Å². The molecule has 1 aromatic carbocycles. The van der Waals surface area contributed by atoms with E-state index in [1.165, 1.54) is 11.5 Å². The van der Waals surface area contributed by atoms with Crippen LogP contribution in [-0.4, -0.2) is 33.5 Å². The molecule has 2 aromatic rings. The first-order chi connectivity index (χ1) is 10.4. The van der Waals surface area contributed by atoms with Crippen LogP contribution in [0.3, 0.4) is 0 Å². The average molecular weight is 321 g/mol. The van der Waals surface area contributed by atoms with Gasteiger partial charge in [0.2, 0.25) is 0 Å². The highest BCUT2D eigenvalue weighted by molar-refractivity contribution is 7.07. The summed E-state index contributed by atoms with van der Waals surface area (Å²) in [6.45, 7) is 6.27. The molecule has 7 heteroatoms. The second kappa shape index (κ2) is 6.85. The van der Waals surface area contributed by atoms with Gasteiger partial charge in [-0.25, -0.2) is 0 Å². The molecule has 0 unspecified atom stereocenters. The Morgan fingerprint density at radius 1 is 1.32 bits per heavy atom. The molecular formula is C15H19N3O3S. The van der Waals surface area contributed by atoms with Crippen LogP contribution in [0.25, 0.3) is 0 Å². The maximum absolute atomic E-state index is 11.7. The molecule has 1 aromatic heterocycles. The Morgan fingerprint density at radius 3 is 2.55 bits per heavy atom. The number of aromatic nitrogens is 2. The van der Waals surface area contributed by atoms with Gasteiger partial charge < -0.3 is 15.2 Å². The lowest BCUT2D eigenvalue weighted by Gasteiger charge is -2.12. The van der Waals surface area contributed by atoms with Gasteiger partial charge in [0.25, 0.3) is 11.1 Å². The number of ether oxygens (including phenoxy) is 1. The Balaban J connectivity index is 2.02. The van der Waals surface area contributed by atoms with Gasteiger partial charge in [-0.05, 0) is 24.3 Å². The quantitative estimate of drug-likeness (QED) is 0.883. The van der Waals surface area contributed by atoms with Crippen LogP contribution in [0.2, 0.25) is 0 Å². The molecule has 0 aliphatic rings. The van der Waals surface area contributed by atoms with E-state index in [1.54, 1.807) is 24.3 Å². The number of hydrogen-bond donors (Lipinski definition) is 2. The van der Waals surface area contributed by atoms with Crippen LogP contribution in [0, 0.1) is 0 Å². The van der Waals surface area contributed by atoms with Crippen molar-refractivity contribution in [2.24, 2.45) is 0 Å². The van der Waals surface area contributed by atoms with Crippen molar-refractivity contribution in [2.45, 2.75) is 26.2 Å². The predicted octanol–water partition coefficient (Wildman–Crippen LogP) is 2.35. The van der Waals surface area contributed by atoms with Crippen molar-refractivity contribution in [2.75, 3.05) is 13.2 Å². The average Bonchev–Trinajstić information content (AvgIpc) is 2.94. The number of nitrogens with zero attached hydrogens (tertiary/aromatic N) is 2. The highest BCUT2D eigenvalue weighted by atomic mass is 32.1. The number of carbonyl (C=O) groups excluding carboxylic acids is 1. The molecular weight excluding hydrogens is 302 g/mol. The summed E-state index contributed by atoms with van der Waals surface area (Å²) >= 11 is 1.20. The zero-order chi connectivity index (χ0) is 16.2. The van der Waals surface area contributed by atoms with Crippen molar-refractivity contribution in [3.05, 3.63) is 35.7 Å². The molecule has 0 atom stereocenters. The SMILES string of the molecule is CC(C)(C)c1nsc(Oc2ccc(C(=O)NCCO)cc2)n1. The van der Waals surface area contributed by atoms with Gasteiger partial charge in [-0.1, -0.05) is 20.8 Å². The van der Waals surface area contributed by atoms with Gasteiger partial charge in [0.05, 0.1) is 6.61 Å². The normalized spacial score (nSPS) is 11.3. The summed E-state index contributed by atoms with van der Waals surface area (Å²) in [5.41, 5.74) is 0.390. The molecule has 0 fully saturated rings. The Kier molecular flexibility index (Phi) is 5.10. The molecule has 6 nitrogen and oxygen atoms in total. The van der Waals surface area contributed by atoms with Crippen molar-refractivity contribution in [1.82, 2.24) is 14.7 Å². The summed E-state index contributed by atoms with van der Waals surface area (Å²) < 4.78 is 9.92. The number of aliphatic hydroxyl groups excluding tert-OH is 1. The molecule has 1 heterocycles. The smallest absolute Gasteiger partial charge is 0.298 e. The maximum atomic E-state index is 11.7. The topological polar surface area (TPSA) is 84.3 Å². The van der Waals surface area contributed by atoms with Gasteiger partial charge in [0.1, 0.15) is 5.75 Å². The fourth-order valence-electron chi connectivity index (χ4n) is 1.60. The Hall–Kier alpha value is -1.99. The highest BCUT2D eigenvalue weighted by Crippen LogP contribution is 2.27. The van der Waals surface area contributed by atoms with Crippen LogP contribution < -0.4 is 10.1 Å². The molecule has 1 amide bonds. The zero-order valence-electron chi connectivity index (χ0n) is 12.8. The molecule has 2 N–H and O–H groups in total. The zero-order valence-corrected chi connectivity index (χ0v) is 13.6. The molecule has 0 spiro atoms. The first-order valence-corrected chi connectivity index (χ1v) is 7.68. The second-order valence-corrected chi connectivity index (χ2v) is 6.45. The van der Waals surface area contributed by atoms with Gasteiger partial charge in [0.15, 0.2) is 5.82 Å². The van der Waals surface area contributed by atoms with Crippen LogP contribution in [0.15, 0.2) is 24.3 Å². The number of benzene rings is 1. The van der Waals surface area contributed by atoms with Crippen molar-refractivity contribution in [1.29, 1.82) is 0 Å². The number of nitrogens with one attached hydrogen (secondary N) is 1. The van der Waals surface area contributed by atoms with E-state index < -0.39 is 0 Å². The number of aliphatic hydroxyl groups is 1. The third-order valence-corrected chi connectivity index (χ3v) is 3.39. The van der Waals surface area contributed by atoms with Crippen molar-refractivity contribution in [3.63, 3.8) is 0 Å². The van der Waals surface area contributed by atoms with Crippen LogP contribution >= 0.6 is 11.5 Å². The van der Waals surface area contributed by atoms with Gasteiger partial charge in [-0.15, -0.1) is 0 Å². The molecule has 118 valence electrons. The minimum atomic E-state index is -0.230. The Morgan fingerprint density at radius 2 is 2.00 bits per heavy atom. The Bertz CT molecular complexity index is 632. The number of rotatable bonds is 5. The van der Waals surface area contributed by atoms with Crippen molar-refractivity contribution in [3.8, 4) is 10.9 Å². The lowest BCUT2D eigenvalue weighted by Crippen LogP contribution is -2.26. The standard InChI is InChI=1S/C15H19N3O3S/c1-15(2,3)13-17-14(22-18-13)21-11-6-4-10(5-7-11)12(20)16-8-9-19/h4-7,19H,8-9H2,1-3H3,(H,16,20). The molecule has 2 rings (SSSR count). The van der Waals surface area contributed by atoms with Crippen LogP contribution in [0.5, 0.6) is 10.9 Å². The van der Waals surface area contributed by atoms with Gasteiger partial charge in [-0.2, -0.15) is 9.36 Å². The Labute approximate surface area is 133 Å². The second-order valence-electron chi connectivity index (χ2n) is 5.74. The molecule has 0 radical (unpaired) electrons. The summed E-state index contributed by atoms with van der Waals surface area (Å²) in [7, 11) is 0. The van der Waals surface area contributed by atoms with Gasteiger partial charge in [-0.3, -0.25) is 4.79 Å². The van der Waals surface area contributed by atoms with Crippen molar-refractivity contribution >= 4 is 17.4 Å². The van der Waals surface area contributed by atoms with E-state index in [4.69, 9.17) is 9.84 Å². The minimum absolute atomic E-state index is 0.0832. The molecule has 22 heavy (non-hydrogen) atoms. The van der Waals surface area contributed by atoms with E-state index in [0.717, 1.165) is 5.82 Å². The van der Waals surface area contributed by atoms with Crippen LogP contribution in [0.4, 0.5) is 0 Å². The first kappa shape index (κ1) is 16.4. The molecule has 0 saturated heterocycles. The molecule has 0 aliphatic heterocycles. The minimum Gasteiger partial charge on any atom is -0.430 e. The van der Waals surface area contributed by atoms with Crippen LogP contribution in [0.1, 0.15) is 37.0 Å². The fourth-order valence-corrected chi connectivity index (χ4v) is 2.34. The number of hydrogen-bond acceptors (Lipinski definition) is 6. The lowest BCUT2D eigenvalue weighted by molar-refractivity contribution is 0.0945. The third-order valence-electron chi connectivity index (χ3n) is 2.80. The van der Waals surface area contributed by atoms with E-state index in [1.807, 2.05) is 20.8 Å². The van der Waals surface area contributed by atoms with E-state index in [2.05, 4.69) is 14.7 Å². The maximum Gasteiger partial charge on any atom is 0.298 e. The predicted molar refractivity (Wildman–Crippen MR) is 84.5 cm³/mol. The summed E-state index contributed by atoms with van der Waals surface area (Å²) in [6, 6.07) is 6.72. The summed E-state index contributed by atoms with van der Waals surface area (Å²) in [5.74, 6) is 1.11. The third kappa shape index (κ3) is 4.25. The van der Waals surface area contributed by atoms with Gasteiger partial charge in [0, 0.05) is 29.1 Å². The van der Waals surface area contributed by atoms with Crippen molar-refractivity contribution < 1.29 is 14.6 Å². The monoisotopic (exact) mass is 321 g/mol. The summed E-state index contributed by atoms with van der Waals surface area (Å²) in [5, 5.41) is 11.7.